The number of carboxylic acids is 1. The summed E-state index contributed by atoms with van der Waals surface area (Å²) in [6.07, 6.45) is 3.67. The lowest BCUT2D eigenvalue weighted by Crippen LogP contribution is -2.22. The van der Waals surface area contributed by atoms with Crippen molar-refractivity contribution in [3.05, 3.63) is 57.0 Å². The molecule has 0 saturated heterocycles. The zero-order valence-corrected chi connectivity index (χ0v) is 17.7. The highest BCUT2D eigenvalue weighted by atomic mass is 35.5. The monoisotopic (exact) mass is 430 g/mol. The van der Waals surface area contributed by atoms with Crippen molar-refractivity contribution >= 4 is 40.0 Å². The molecule has 0 aliphatic heterocycles. The Labute approximate surface area is 178 Å². The Morgan fingerprint density at radius 3 is 2.73 bits per heavy atom. The number of carboxylic acid groups (broad SMARTS) is 1. The molecule has 3 rings (SSSR count). The standard InChI is InChI=1S/C21H23ClN4O4/c1-12-7-19(23)24-10-18(12)26-11-14(21(28)29)20(27)13-8-15(22)17(9-16(13)26)25(2)5-4-6-30-3/h7-11H,4-6H2,1-3H3,(H2,23,24)(H,28,29). The summed E-state index contributed by atoms with van der Waals surface area (Å²) in [6.45, 7) is 3.14. The smallest absolute Gasteiger partial charge is 0.341 e. The number of pyridine rings is 2. The van der Waals surface area contributed by atoms with Crippen LogP contribution in [0.15, 0.2) is 35.4 Å². The number of aromatic nitrogens is 2. The average Bonchev–Trinajstić information content (AvgIpc) is 2.68. The Bertz CT molecular complexity index is 1180. The van der Waals surface area contributed by atoms with E-state index in [2.05, 4.69) is 4.98 Å². The quantitative estimate of drug-likeness (QED) is 0.554. The number of nitrogens with zero attached hydrogens (tertiary/aromatic N) is 3. The van der Waals surface area contributed by atoms with Crippen molar-refractivity contribution in [3.8, 4) is 5.69 Å². The third kappa shape index (κ3) is 4.10. The van der Waals surface area contributed by atoms with Crippen molar-refractivity contribution < 1.29 is 14.6 Å². The van der Waals surface area contributed by atoms with Gasteiger partial charge in [-0.2, -0.15) is 0 Å². The molecule has 3 N–H and O–H groups in total. The van der Waals surface area contributed by atoms with E-state index in [-0.39, 0.29) is 10.9 Å². The van der Waals surface area contributed by atoms with Crippen LogP contribution < -0.4 is 16.1 Å². The van der Waals surface area contributed by atoms with Crippen molar-refractivity contribution in [1.29, 1.82) is 0 Å². The van der Waals surface area contributed by atoms with Crippen molar-refractivity contribution in [2.45, 2.75) is 13.3 Å². The van der Waals surface area contributed by atoms with Gasteiger partial charge >= 0.3 is 5.97 Å². The Morgan fingerprint density at radius 1 is 1.37 bits per heavy atom. The van der Waals surface area contributed by atoms with Crippen LogP contribution in [0.3, 0.4) is 0 Å². The van der Waals surface area contributed by atoms with Crippen LogP contribution in [-0.2, 0) is 4.74 Å². The number of aromatic carboxylic acids is 1. The molecule has 8 nitrogen and oxygen atoms in total. The number of benzene rings is 1. The van der Waals surface area contributed by atoms with Gasteiger partial charge in [-0.3, -0.25) is 4.79 Å². The molecule has 2 aromatic heterocycles. The maximum Gasteiger partial charge on any atom is 0.341 e. The molecule has 0 saturated carbocycles. The summed E-state index contributed by atoms with van der Waals surface area (Å²) >= 11 is 6.47. The van der Waals surface area contributed by atoms with Crippen LogP contribution >= 0.6 is 11.6 Å². The van der Waals surface area contributed by atoms with Crippen LogP contribution in [0.5, 0.6) is 0 Å². The number of hydrogen-bond donors (Lipinski definition) is 2. The van der Waals surface area contributed by atoms with E-state index >= 15 is 0 Å². The first-order chi connectivity index (χ1) is 14.2. The second-order valence-corrected chi connectivity index (χ2v) is 7.44. The first-order valence-corrected chi connectivity index (χ1v) is 9.67. The van der Waals surface area contributed by atoms with Gasteiger partial charge in [-0.05, 0) is 37.1 Å². The average molecular weight is 431 g/mol. The minimum Gasteiger partial charge on any atom is -0.477 e. The van der Waals surface area contributed by atoms with Gasteiger partial charge in [-0.15, -0.1) is 0 Å². The van der Waals surface area contributed by atoms with E-state index < -0.39 is 11.4 Å². The fourth-order valence-corrected chi connectivity index (χ4v) is 3.68. The Morgan fingerprint density at radius 2 is 2.10 bits per heavy atom. The second-order valence-electron chi connectivity index (χ2n) is 7.03. The van der Waals surface area contributed by atoms with Gasteiger partial charge < -0.3 is 25.0 Å². The molecule has 0 spiro atoms. The number of halogens is 1. The van der Waals surface area contributed by atoms with Gasteiger partial charge in [-0.1, -0.05) is 11.6 Å². The molecule has 0 fully saturated rings. The molecule has 0 aliphatic rings. The molecular formula is C21H23ClN4O4. The largest absolute Gasteiger partial charge is 0.477 e. The molecule has 0 bridgehead atoms. The lowest BCUT2D eigenvalue weighted by molar-refractivity contribution is 0.0695. The molecule has 3 aromatic rings. The predicted octanol–water partition coefficient (Wildman–Crippen LogP) is 3.10. The molecule has 1 aromatic carbocycles. The molecule has 30 heavy (non-hydrogen) atoms. The third-order valence-corrected chi connectivity index (χ3v) is 5.22. The minimum absolute atomic E-state index is 0.213. The first kappa shape index (κ1) is 21.6. The van der Waals surface area contributed by atoms with Crippen LogP contribution in [0.2, 0.25) is 5.02 Å². The van der Waals surface area contributed by atoms with Crippen molar-refractivity contribution in [3.63, 3.8) is 0 Å². The van der Waals surface area contributed by atoms with Gasteiger partial charge in [0.25, 0.3) is 0 Å². The van der Waals surface area contributed by atoms with Crippen LogP contribution in [-0.4, -0.2) is 47.9 Å². The number of nitrogen functional groups attached to an aromatic ring is 1. The summed E-state index contributed by atoms with van der Waals surface area (Å²) in [5, 5.41) is 10.1. The fourth-order valence-electron chi connectivity index (χ4n) is 3.37. The normalized spacial score (nSPS) is 11.1. The number of carbonyl (C=O) groups is 1. The van der Waals surface area contributed by atoms with Gasteiger partial charge in [0.2, 0.25) is 5.43 Å². The van der Waals surface area contributed by atoms with E-state index in [4.69, 9.17) is 22.1 Å². The zero-order valence-electron chi connectivity index (χ0n) is 17.0. The maximum absolute atomic E-state index is 12.8. The van der Waals surface area contributed by atoms with Gasteiger partial charge in [0.15, 0.2) is 0 Å². The van der Waals surface area contributed by atoms with E-state index in [1.165, 1.54) is 12.3 Å². The van der Waals surface area contributed by atoms with Crippen LogP contribution in [0, 0.1) is 6.92 Å². The molecular weight excluding hydrogens is 408 g/mol. The van der Waals surface area contributed by atoms with Crippen LogP contribution in [0.25, 0.3) is 16.6 Å². The molecule has 158 valence electrons. The summed E-state index contributed by atoms with van der Waals surface area (Å²) in [5.41, 5.74) is 7.47. The van der Waals surface area contributed by atoms with Gasteiger partial charge in [0.1, 0.15) is 11.4 Å². The Kier molecular flexibility index (Phi) is 6.28. The number of fused-ring (bicyclic) bond motifs is 1. The van der Waals surface area contributed by atoms with Gasteiger partial charge in [0, 0.05) is 38.9 Å². The van der Waals surface area contributed by atoms with Crippen molar-refractivity contribution in [2.75, 3.05) is 37.9 Å². The molecule has 2 heterocycles. The molecule has 0 aliphatic carbocycles. The number of aryl methyl sites for hydroxylation is 1. The van der Waals surface area contributed by atoms with Gasteiger partial charge in [-0.25, -0.2) is 9.78 Å². The fraction of sp³-hybridized carbons (Fsp3) is 0.286. The number of anilines is 2. The number of methoxy groups -OCH3 is 1. The summed E-state index contributed by atoms with van der Waals surface area (Å²) in [6, 6.07) is 4.99. The summed E-state index contributed by atoms with van der Waals surface area (Å²) in [5.74, 6) is -0.963. The van der Waals surface area contributed by atoms with Gasteiger partial charge in [0.05, 0.1) is 28.1 Å². The second kappa shape index (κ2) is 8.73. The lowest BCUT2D eigenvalue weighted by Gasteiger charge is -2.22. The van der Waals surface area contributed by atoms with E-state index in [1.807, 2.05) is 18.9 Å². The molecule has 9 heteroatoms. The van der Waals surface area contributed by atoms with E-state index in [9.17, 15) is 14.7 Å². The summed E-state index contributed by atoms with van der Waals surface area (Å²) in [4.78, 5) is 30.6. The number of nitrogens with two attached hydrogens (primary N) is 1. The number of ether oxygens (including phenoxy) is 1. The maximum atomic E-state index is 12.8. The third-order valence-electron chi connectivity index (χ3n) is 4.92. The highest BCUT2D eigenvalue weighted by molar-refractivity contribution is 6.34. The Balaban J connectivity index is 2.30. The van der Waals surface area contributed by atoms with E-state index in [0.29, 0.717) is 35.2 Å². The zero-order chi connectivity index (χ0) is 22.0. The topological polar surface area (TPSA) is 111 Å². The number of rotatable bonds is 7. The van der Waals surface area contributed by atoms with Crippen molar-refractivity contribution in [1.82, 2.24) is 9.55 Å². The predicted molar refractivity (Wildman–Crippen MR) is 118 cm³/mol. The van der Waals surface area contributed by atoms with Crippen molar-refractivity contribution in [2.24, 2.45) is 0 Å². The Hall–Kier alpha value is -3.10. The van der Waals surface area contributed by atoms with Crippen LogP contribution in [0.1, 0.15) is 22.3 Å². The SMILES string of the molecule is COCCCN(C)c1cc2c(cc1Cl)c(=O)c(C(=O)O)cn2-c1cnc(N)cc1C. The highest BCUT2D eigenvalue weighted by Gasteiger charge is 2.19. The van der Waals surface area contributed by atoms with Crippen LogP contribution in [0.4, 0.5) is 11.5 Å². The highest BCUT2D eigenvalue weighted by Crippen LogP contribution is 2.31. The molecule has 0 unspecified atom stereocenters. The lowest BCUT2D eigenvalue weighted by atomic mass is 10.1. The molecule has 0 atom stereocenters. The van der Waals surface area contributed by atoms with E-state index in [1.54, 1.807) is 30.0 Å². The van der Waals surface area contributed by atoms with E-state index in [0.717, 1.165) is 17.7 Å². The summed E-state index contributed by atoms with van der Waals surface area (Å²) < 4.78 is 6.75. The first-order valence-electron chi connectivity index (χ1n) is 9.29. The molecule has 0 amide bonds. The minimum atomic E-state index is -1.31. The summed E-state index contributed by atoms with van der Waals surface area (Å²) in [7, 11) is 3.54. The number of hydrogen-bond acceptors (Lipinski definition) is 6. The molecule has 0 radical (unpaired) electrons.